The second kappa shape index (κ2) is 7.91. The molecule has 1 atom stereocenters. The van der Waals surface area contributed by atoms with Crippen LogP contribution in [0.4, 0.5) is 10.5 Å². The molecule has 1 unspecified atom stereocenters. The van der Waals surface area contributed by atoms with E-state index in [0.29, 0.717) is 24.5 Å². The van der Waals surface area contributed by atoms with Crippen molar-refractivity contribution in [3.63, 3.8) is 0 Å². The molecule has 3 aromatic rings. The Morgan fingerprint density at radius 3 is 2.73 bits per heavy atom. The molecule has 0 aliphatic carbocycles. The lowest BCUT2D eigenvalue weighted by Gasteiger charge is -2.17. The Labute approximate surface area is 175 Å². The van der Waals surface area contributed by atoms with Gasteiger partial charge < -0.3 is 14.2 Å². The first-order valence-corrected chi connectivity index (χ1v) is 9.93. The zero-order valence-corrected chi connectivity index (χ0v) is 18.1. The van der Waals surface area contributed by atoms with E-state index < -0.39 is 0 Å². The summed E-state index contributed by atoms with van der Waals surface area (Å²) in [5.41, 5.74) is 3.04. The summed E-state index contributed by atoms with van der Waals surface area (Å²) in [6.07, 6.45) is 3.20. The van der Waals surface area contributed by atoms with Crippen molar-refractivity contribution in [2.24, 2.45) is 0 Å². The van der Waals surface area contributed by atoms with Gasteiger partial charge in [0.15, 0.2) is 0 Å². The number of rotatable bonds is 6. The molecule has 30 heavy (non-hydrogen) atoms. The number of carbonyl (C=O) groups is 2. The van der Waals surface area contributed by atoms with Gasteiger partial charge >= 0.3 is 6.03 Å². The maximum Gasteiger partial charge on any atom is 0.332 e. The van der Waals surface area contributed by atoms with Crippen molar-refractivity contribution >= 4 is 32.2 Å². The summed E-state index contributed by atoms with van der Waals surface area (Å²) in [6.45, 7) is 4.47. The summed E-state index contributed by atoms with van der Waals surface area (Å²) >= 11 is 0. The van der Waals surface area contributed by atoms with Gasteiger partial charge in [0.2, 0.25) is 0 Å². The molecule has 2 aromatic heterocycles. The van der Waals surface area contributed by atoms with Gasteiger partial charge in [0.1, 0.15) is 18.1 Å². The first-order valence-electron chi connectivity index (χ1n) is 9.36. The summed E-state index contributed by atoms with van der Waals surface area (Å²) < 4.78 is 12.2. The topological polar surface area (TPSA) is 93.7 Å². The molecule has 1 saturated heterocycles. The largest absolute Gasteiger partial charge is 0.496 e. The molecule has 4 rings (SSSR count). The first kappa shape index (κ1) is 20.1. The lowest BCUT2D eigenvalue weighted by Crippen LogP contribution is -2.32. The number of nitrogens with zero attached hydrogens (tertiary/aromatic N) is 5. The average Bonchev–Trinajstić information content (AvgIpc) is 3.38. The highest BCUT2D eigenvalue weighted by atomic mass is 31.0. The van der Waals surface area contributed by atoms with Crippen LogP contribution in [0.5, 0.6) is 5.75 Å². The van der Waals surface area contributed by atoms with Crippen molar-refractivity contribution < 1.29 is 18.8 Å². The van der Waals surface area contributed by atoms with Gasteiger partial charge in [0.05, 0.1) is 31.2 Å². The fraction of sp³-hybridized carbons (Fsp3) is 0.300. The third kappa shape index (κ3) is 3.68. The molecule has 1 aliphatic heterocycles. The number of aromatic nitrogens is 3. The summed E-state index contributed by atoms with van der Waals surface area (Å²) in [5, 5.41) is 9.16. The molecule has 9 nitrogen and oxygen atoms in total. The highest BCUT2D eigenvalue weighted by molar-refractivity contribution is 7.27. The fourth-order valence-electron chi connectivity index (χ4n) is 3.45. The fourth-order valence-corrected chi connectivity index (χ4v) is 3.74. The van der Waals surface area contributed by atoms with Crippen molar-refractivity contribution in [2.75, 3.05) is 18.6 Å². The van der Waals surface area contributed by atoms with Gasteiger partial charge in [-0.15, -0.1) is 9.24 Å². The third-order valence-electron chi connectivity index (χ3n) is 5.09. The van der Waals surface area contributed by atoms with E-state index >= 15 is 0 Å². The number of carbonyl (C=O) groups excluding carboxylic acids is 2. The van der Waals surface area contributed by atoms with Crippen LogP contribution in [0.1, 0.15) is 22.6 Å². The van der Waals surface area contributed by atoms with E-state index in [4.69, 9.17) is 9.26 Å². The van der Waals surface area contributed by atoms with E-state index in [1.54, 1.807) is 18.0 Å². The van der Waals surface area contributed by atoms with Gasteiger partial charge in [0.25, 0.3) is 5.91 Å². The van der Waals surface area contributed by atoms with Gasteiger partial charge in [-0.2, -0.15) is 5.10 Å². The van der Waals surface area contributed by atoms with Gasteiger partial charge in [-0.3, -0.25) is 9.48 Å². The number of imide groups is 1. The number of hydrogen-bond acceptors (Lipinski definition) is 6. The van der Waals surface area contributed by atoms with Crippen LogP contribution in [0.2, 0.25) is 0 Å². The number of methoxy groups -OCH3 is 1. The average molecular weight is 427 g/mol. The van der Waals surface area contributed by atoms with Gasteiger partial charge in [-0.05, 0) is 25.5 Å². The van der Waals surface area contributed by atoms with Crippen LogP contribution in [0.3, 0.4) is 0 Å². The van der Waals surface area contributed by atoms with Gasteiger partial charge in [0, 0.05) is 23.6 Å². The van der Waals surface area contributed by atoms with E-state index in [1.165, 1.54) is 11.1 Å². The third-order valence-corrected chi connectivity index (χ3v) is 5.56. The smallest absolute Gasteiger partial charge is 0.332 e. The zero-order chi connectivity index (χ0) is 21.4. The summed E-state index contributed by atoms with van der Waals surface area (Å²) in [4.78, 5) is 28.2. The molecule has 0 saturated carbocycles. The zero-order valence-electron chi connectivity index (χ0n) is 17.0. The van der Waals surface area contributed by atoms with E-state index in [2.05, 4.69) is 19.5 Å². The highest BCUT2D eigenvalue weighted by Gasteiger charge is 2.37. The Hall–Kier alpha value is -3.19. The second-order valence-electron chi connectivity index (χ2n) is 7.14. The molecule has 10 heteroatoms. The maximum atomic E-state index is 12.9. The molecule has 0 N–H and O–H groups in total. The summed E-state index contributed by atoms with van der Waals surface area (Å²) in [5.74, 6) is 1.15. The van der Waals surface area contributed by atoms with Crippen LogP contribution in [0, 0.1) is 13.8 Å². The summed E-state index contributed by atoms with van der Waals surface area (Å²) in [6, 6.07) is 5.31. The molecule has 156 valence electrons. The van der Waals surface area contributed by atoms with E-state index in [1.807, 2.05) is 32.0 Å². The Balaban J connectivity index is 1.50. The second-order valence-corrected chi connectivity index (χ2v) is 7.76. The Kier molecular flexibility index (Phi) is 5.30. The van der Waals surface area contributed by atoms with Crippen molar-refractivity contribution in [3.05, 3.63) is 53.2 Å². The number of aryl methyl sites for hydroxylation is 2. The van der Waals surface area contributed by atoms with Crippen molar-refractivity contribution in [2.45, 2.75) is 26.9 Å². The molecule has 0 spiro atoms. The minimum atomic E-state index is -0.370. The number of anilines is 1. The van der Waals surface area contributed by atoms with Crippen LogP contribution in [-0.2, 0) is 17.9 Å². The normalized spacial score (nSPS) is 14.1. The molecule has 1 fully saturated rings. The molecule has 3 heterocycles. The standard InChI is InChI=1S/C20H22N5O4P/c1-12-16(13(2)29-22-12)10-24-9-15(7-21-24)25-19(26)11-23(20(25)27)8-14-4-5-18(30)17(6-14)28-3/h4-7,9H,8,10-11,30H2,1-3H3. The van der Waals surface area contributed by atoms with Crippen LogP contribution < -0.4 is 14.9 Å². The van der Waals surface area contributed by atoms with Gasteiger partial charge in [-0.1, -0.05) is 17.3 Å². The Morgan fingerprint density at radius 2 is 2.03 bits per heavy atom. The number of benzene rings is 1. The quantitative estimate of drug-likeness (QED) is 0.441. The molecule has 1 aromatic carbocycles. The number of urea groups is 1. The first-order chi connectivity index (χ1) is 14.4. The SMILES string of the molecule is COc1cc(CN2CC(=O)N(c3cnn(Cc4c(C)noc4C)c3)C2=O)ccc1P. The van der Waals surface area contributed by atoms with Crippen LogP contribution >= 0.6 is 9.24 Å². The molecule has 1 aliphatic rings. The van der Waals surface area contributed by atoms with Crippen LogP contribution in [0.25, 0.3) is 0 Å². The van der Waals surface area contributed by atoms with Crippen LogP contribution in [0.15, 0.2) is 35.1 Å². The van der Waals surface area contributed by atoms with Crippen molar-refractivity contribution in [1.82, 2.24) is 19.8 Å². The highest BCUT2D eigenvalue weighted by Crippen LogP contribution is 2.24. The minimum Gasteiger partial charge on any atom is -0.496 e. The lowest BCUT2D eigenvalue weighted by atomic mass is 10.2. The predicted molar refractivity (Wildman–Crippen MR) is 113 cm³/mol. The number of hydrogen-bond donors (Lipinski definition) is 0. The molecular formula is C20H22N5O4P. The van der Waals surface area contributed by atoms with Gasteiger partial charge in [-0.25, -0.2) is 9.69 Å². The molecule has 3 amide bonds. The molecule has 0 radical (unpaired) electrons. The lowest BCUT2D eigenvalue weighted by molar-refractivity contribution is -0.116. The Morgan fingerprint density at radius 1 is 1.23 bits per heavy atom. The molecular weight excluding hydrogens is 405 g/mol. The van der Waals surface area contributed by atoms with Crippen LogP contribution in [-0.4, -0.2) is 45.4 Å². The van der Waals surface area contributed by atoms with E-state index in [-0.39, 0.29) is 18.5 Å². The number of amides is 3. The summed E-state index contributed by atoms with van der Waals surface area (Å²) in [7, 11) is 4.20. The van der Waals surface area contributed by atoms with E-state index in [0.717, 1.165) is 32.8 Å². The van der Waals surface area contributed by atoms with Crippen molar-refractivity contribution in [1.29, 1.82) is 0 Å². The molecule has 0 bridgehead atoms. The van der Waals surface area contributed by atoms with E-state index in [9.17, 15) is 9.59 Å². The Bertz CT molecular complexity index is 1100. The predicted octanol–water partition coefficient (Wildman–Crippen LogP) is 2.01. The number of ether oxygens (including phenoxy) is 1. The monoisotopic (exact) mass is 427 g/mol. The van der Waals surface area contributed by atoms with Crippen molar-refractivity contribution in [3.8, 4) is 5.75 Å². The minimum absolute atomic E-state index is 0.0127. The maximum absolute atomic E-state index is 12.9.